The van der Waals surface area contributed by atoms with E-state index in [1.807, 2.05) is 20.8 Å². The first-order chi connectivity index (χ1) is 15.2. The van der Waals surface area contributed by atoms with Crippen LogP contribution in [0.3, 0.4) is 0 Å². The van der Waals surface area contributed by atoms with Gasteiger partial charge in [0.25, 0.3) is 0 Å². The average molecular weight is 441 g/mol. The van der Waals surface area contributed by atoms with Gasteiger partial charge in [0.05, 0.1) is 11.6 Å². The van der Waals surface area contributed by atoms with Crippen LogP contribution in [0.25, 0.3) is 0 Å². The van der Waals surface area contributed by atoms with Crippen molar-refractivity contribution in [3.8, 4) is 6.07 Å². The molecule has 3 rings (SSSR count). The molecule has 1 saturated heterocycles. The highest BCUT2D eigenvalue weighted by atomic mass is 16.6. The van der Waals surface area contributed by atoms with E-state index in [0.717, 1.165) is 38.5 Å². The number of nitrogens with one attached hydrogen (secondary N) is 2. The number of benzene rings is 1. The average Bonchev–Trinajstić information content (AvgIpc) is 2.99. The zero-order valence-electron chi connectivity index (χ0n) is 19.6. The summed E-state index contributed by atoms with van der Waals surface area (Å²) in [5.74, 6) is 0.315. The number of amides is 3. The molecule has 1 aliphatic carbocycles. The van der Waals surface area contributed by atoms with Crippen molar-refractivity contribution in [3.05, 3.63) is 29.8 Å². The summed E-state index contributed by atoms with van der Waals surface area (Å²) in [5.41, 5.74) is 0.360. The van der Waals surface area contributed by atoms with Crippen LogP contribution in [-0.4, -0.2) is 41.3 Å². The molecule has 32 heavy (non-hydrogen) atoms. The van der Waals surface area contributed by atoms with Crippen LogP contribution in [0.15, 0.2) is 24.3 Å². The van der Waals surface area contributed by atoms with E-state index in [1.165, 1.54) is 12.8 Å². The predicted octanol–water partition coefficient (Wildman–Crippen LogP) is 5.42. The molecule has 174 valence electrons. The normalized spacial score (nSPS) is 19.4. The van der Waals surface area contributed by atoms with E-state index in [2.05, 4.69) is 16.7 Å². The number of carbonyl (C=O) groups is 2. The van der Waals surface area contributed by atoms with Gasteiger partial charge in [-0.1, -0.05) is 31.7 Å². The van der Waals surface area contributed by atoms with Crippen LogP contribution in [-0.2, 0) is 4.74 Å². The van der Waals surface area contributed by atoms with Gasteiger partial charge in [-0.05, 0) is 70.6 Å². The van der Waals surface area contributed by atoms with Gasteiger partial charge in [0.15, 0.2) is 0 Å². The summed E-state index contributed by atoms with van der Waals surface area (Å²) in [6.07, 6.45) is 7.91. The number of piperidine rings is 1. The molecule has 7 heteroatoms. The molecular formula is C25H36N4O3. The minimum atomic E-state index is -0.501. The molecule has 0 atom stereocenters. The molecule has 2 fully saturated rings. The van der Waals surface area contributed by atoms with E-state index in [1.54, 1.807) is 29.2 Å². The van der Waals surface area contributed by atoms with E-state index in [-0.39, 0.29) is 17.7 Å². The molecule has 0 spiro atoms. The van der Waals surface area contributed by atoms with Crippen molar-refractivity contribution >= 4 is 17.8 Å². The Bertz CT molecular complexity index is 839. The number of nitrogens with zero attached hydrogens (tertiary/aromatic N) is 2. The Hall–Kier alpha value is -2.75. The molecule has 2 aliphatic rings. The Kier molecular flexibility index (Phi) is 7.65. The van der Waals surface area contributed by atoms with Crippen molar-refractivity contribution in [1.82, 2.24) is 10.2 Å². The summed E-state index contributed by atoms with van der Waals surface area (Å²) in [5, 5.41) is 15.4. The fraction of sp³-hybridized carbons (Fsp3) is 0.640. The Morgan fingerprint density at radius 2 is 1.78 bits per heavy atom. The van der Waals surface area contributed by atoms with E-state index >= 15 is 0 Å². The molecule has 0 radical (unpaired) electrons. The molecule has 1 aromatic carbocycles. The zero-order valence-corrected chi connectivity index (χ0v) is 19.6. The monoisotopic (exact) mass is 440 g/mol. The predicted molar refractivity (Wildman–Crippen MR) is 124 cm³/mol. The number of hydrogen-bond donors (Lipinski definition) is 2. The first-order valence-corrected chi connectivity index (χ1v) is 11.8. The minimum absolute atomic E-state index is 0.225. The SMILES string of the molecule is CC(C)(C)OC(=O)N1CCC(C2(NC(=O)Nc3cccc(C#N)c3)CCCCCC2)CC1. The lowest BCUT2D eigenvalue weighted by Gasteiger charge is -2.45. The maximum Gasteiger partial charge on any atom is 0.410 e. The first kappa shape index (κ1) is 23.9. The number of hydrogen-bond acceptors (Lipinski definition) is 4. The second kappa shape index (κ2) is 10.2. The standard InChI is InChI=1S/C25H36N4O3/c1-24(2,3)32-23(31)29-15-11-20(12-16-29)25(13-6-4-5-7-14-25)28-22(30)27-21-10-8-9-19(17-21)18-26/h8-10,17,20H,4-7,11-16H2,1-3H3,(H2,27,28,30). The Morgan fingerprint density at radius 1 is 1.12 bits per heavy atom. The molecule has 1 aromatic rings. The van der Waals surface area contributed by atoms with Crippen molar-refractivity contribution in [1.29, 1.82) is 5.26 Å². The van der Waals surface area contributed by atoms with E-state index in [9.17, 15) is 9.59 Å². The molecule has 1 aliphatic heterocycles. The number of anilines is 1. The number of likely N-dealkylation sites (tertiary alicyclic amines) is 1. The highest BCUT2D eigenvalue weighted by molar-refractivity contribution is 5.90. The van der Waals surface area contributed by atoms with Gasteiger partial charge in [-0.15, -0.1) is 0 Å². The summed E-state index contributed by atoms with van der Waals surface area (Å²) in [6.45, 7) is 6.94. The topological polar surface area (TPSA) is 94.5 Å². The van der Waals surface area contributed by atoms with Gasteiger partial charge < -0.3 is 20.3 Å². The Balaban J connectivity index is 1.67. The molecule has 0 unspecified atom stereocenters. The molecule has 1 heterocycles. The van der Waals surface area contributed by atoms with Crippen molar-refractivity contribution in [2.24, 2.45) is 5.92 Å². The molecule has 0 bridgehead atoms. The van der Waals surface area contributed by atoms with E-state index in [0.29, 0.717) is 30.3 Å². The number of carbonyl (C=O) groups excluding carboxylic acids is 2. The summed E-state index contributed by atoms with van der Waals surface area (Å²) in [6, 6.07) is 8.83. The third-order valence-corrected chi connectivity index (χ3v) is 6.54. The van der Waals surface area contributed by atoms with Gasteiger partial charge in [-0.2, -0.15) is 5.26 Å². The van der Waals surface area contributed by atoms with Gasteiger partial charge in [-0.25, -0.2) is 9.59 Å². The highest BCUT2D eigenvalue weighted by Crippen LogP contribution is 2.39. The van der Waals surface area contributed by atoms with Crippen LogP contribution < -0.4 is 10.6 Å². The first-order valence-electron chi connectivity index (χ1n) is 11.8. The minimum Gasteiger partial charge on any atom is -0.444 e. The fourth-order valence-corrected chi connectivity index (χ4v) is 4.99. The Morgan fingerprint density at radius 3 is 2.38 bits per heavy atom. The summed E-state index contributed by atoms with van der Waals surface area (Å²) < 4.78 is 5.54. The molecule has 7 nitrogen and oxygen atoms in total. The van der Waals surface area contributed by atoms with Crippen LogP contribution in [0.5, 0.6) is 0 Å². The fourth-order valence-electron chi connectivity index (χ4n) is 4.99. The molecule has 0 aromatic heterocycles. The summed E-state index contributed by atoms with van der Waals surface area (Å²) in [7, 11) is 0. The summed E-state index contributed by atoms with van der Waals surface area (Å²) >= 11 is 0. The number of rotatable bonds is 3. The molecule has 1 saturated carbocycles. The lowest BCUT2D eigenvalue weighted by atomic mass is 9.73. The van der Waals surface area contributed by atoms with Gasteiger partial charge >= 0.3 is 12.1 Å². The van der Waals surface area contributed by atoms with Crippen LogP contribution in [0.4, 0.5) is 15.3 Å². The lowest BCUT2D eigenvalue weighted by molar-refractivity contribution is 0.0125. The van der Waals surface area contributed by atoms with Crippen LogP contribution in [0, 0.1) is 17.2 Å². The van der Waals surface area contributed by atoms with Crippen molar-refractivity contribution in [2.75, 3.05) is 18.4 Å². The van der Waals surface area contributed by atoms with Gasteiger partial charge in [0, 0.05) is 24.3 Å². The van der Waals surface area contributed by atoms with E-state index < -0.39 is 5.60 Å². The largest absolute Gasteiger partial charge is 0.444 e. The number of urea groups is 1. The zero-order chi connectivity index (χ0) is 23.2. The van der Waals surface area contributed by atoms with Crippen LogP contribution in [0.2, 0.25) is 0 Å². The van der Waals surface area contributed by atoms with Gasteiger partial charge in [0.2, 0.25) is 0 Å². The van der Waals surface area contributed by atoms with Gasteiger partial charge in [0.1, 0.15) is 5.60 Å². The number of ether oxygens (including phenoxy) is 1. The maximum absolute atomic E-state index is 13.0. The van der Waals surface area contributed by atoms with Gasteiger partial charge in [-0.3, -0.25) is 0 Å². The van der Waals surface area contributed by atoms with Crippen molar-refractivity contribution in [2.45, 2.75) is 83.3 Å². The Labute approximate surface area is 191 Å². The van der Waals surface area contributed by atoms with E-state index in [4.69, 9.17) is 10.00 Å². The maximum atomic E-state index is 13.0. The third-order valence-electron chi connectivity index (χ3n) is 6.54. The molecule has 2 N–H and O–H groups in total. The van der Waals surface area contributed by atoms with Crippen LogP contribution in [0.1, 0.15) is 77.7 Å². The number of nitriles is 1. The lowest BCUT2D eigenvalue weighted by Crippen LogP contribution is -2.57. The smallest absolute Gasteiger partial charge is 0.410 e. The molecule has 3 amide bonds. The highest BCUT2D eigenvalue weighted by Gasteiger charge is 2.42. The second-order valence-corrected chi connectivity index (χ2v) is 10.1. The van der Waals surface area contributed by atoms with Crippen molar-refractivity contribution in [3.63, 3.8) is 0 Å². The second-order valence-electron chi connectivity index (χ2n) is 10.1. The molecular weight excluding hydrogens is 404 g/mol. The van der Waals surface area contributed by atoms with Crippen molar-refractivity contribution < 1.29 is 14.3 Å². The van der Waals surface area contributed by atoms with Crippen LogP contribution >= 0.6 is 0 Å². The quantitative estimate of drug-likeness (QED) is 0.614. The third kappa shape index (κ3) is 6.38. The summed E-state index contributed by atoms with van der Waals surface area (Å²) in [4.78, 5) is 27.2.